The molecule has 0 fully saturated rings. The minimum atomic E-state index is -4.60. The Hall–Kier alpha value is -2.06. The Morgan fingerprint density at radius 2 is 0.843 bits per heavy atom. The quantitative estimate of drug-likeness (QED) is 0.0272. The number of aliphatic hydroxyl groups is 1. The normalized spacial score (nSPS) is 14.4. The van der Waals surface area contributed by atoms with E-state index in [2.05, 4.69) is 79.9 Å². The van der Waals surface area contributed by atoms with Crippen molar-refractivity contribution in [3.63, 3.8) is 0 Å². The van der Waals surface area contributed by atoms with Gasteiger partial charge in [0.05, 0.1) is 39.9 Å². The van der Waals surface area contributed by atoms with Crippen LogP contribution in [0.2, 0.25) is 0 Å². The van der Waals surface area contributed by atoms with Gasteiger partial charge in [0.2, 0.25) is 5.91 Å². The number of nitrogens with one attached hydrogen (secondary N) is 1. The molecule has 1 amide bonds. The maximum atomic E-state index is 12.9. The van der Waals surface area contributed by atoms with E-state index in [4.69, 9.17) is 9.05 Å². The molecule has 9 heteroatoms. The summed E-state index contributed by atoms with van der Waals surface area (Å²) in [5, 5.41) is 14.0. The molecule has 0 aliphatic carbocycles. The first-order chi connectivity index (χ1) is 34.0. The van der Waals surface area contributed by atoms with Crippen molar-refractivity contribution < 1.29 is 32.9 Å². The molecule has 0 saturated carbocycles. The number of unbranched alkanes of at least 4 members (excludes halogenated alkanes) is 28. The highest BCUT2D eigenvalue weighted by Gasteiger charge is 2.24. The summed E-state index contributed by atoms with van der Waals surface area (Å²) in [4.78, 5) is 25.5. The highest BCUT2D eigenvalue weighted by molar-refractivity contribution is 7.45. The number of quaternary nitrogens is 1. The standard InChI is InChI=1S/C61H113N2O6P/c1-6-8-10-12-14-16-18-20-22-24-26-27-28-29-30-31-32-33-34-35-37-38-40-42-44-46-48-50-52-54-60(64)59(58-69-70(66,67)68-57-56-63(3,4)5)62-61(65)55-53-51-49-47-45-43-41-39-36-25-23-21-19-17-15-13-11-9-7-2/h9,11,15,17,21,23,36,39,43,45,49,51,59-60,64H,6-8,10,12-14,16,18-20,22,24-35,37-38,40-42,44,46-48,50,52-58H2,1-5H3,(H-,62,65,66,67)/b11-9-,17-15-,23-21-,39-36-,45-43-,51-49-. The van der Waals surface area contributed by atoms with Crippen LogP contribution in [0.3, 0.4) is 0 Å². The summed E-state index contributed by atoms with van der Waals surface area (Å²) in [6, 6.07) is -0.846. The number of allylic oxidation sites excluding steroid dienone is 12. The fourth-order valence-electron chi connectivity index (χ4n) is 8.42. The Bertz CT molecular complexity index is 1370. The van der Waals surface area contributed by atoms with Gasteiger partial charge in [-0.05, 0) is 51.4 Å². The largest absolute Gasteiger partial charge is 0.756 e. The number of carbonyl (C=O) groups excluding carboxylic acids is 1. The molecule has 0 aromatic heterocycles. The van der Waals surface area contributed by atoms with Gasteiger partial charge in [0.15, 0.2) is 0 Å². The third kappa shape index (κ3) is 53.7. The summed E-state index contributed by atoms with van der Waals surface area (Å²) >= 11 is 0. The average molecular weight is 1000 g/mol. The fraction of sp³-hybridized carbons (Fsp3) is 0.787. The number of rotatable bonds is 53. The smallest absolute Gasteiger partial charge is 0.268 e. The van der Waals surface area contributed by atoms with Crippen LogP contribution in [0.4, 0.5) is 0 Å². The van der Waals surface area contributed by atoms with Gasteiger partial charge in [-0.1, -0.05) is 273 Å². The van der Waals surface area contributed by atoms with E-state index in [1.165, 1.54) is 167 Å². The zero-order chi connectivity index (χ0) is 51.3. The monoisotopic (exact) mass is 1000 g/mol. The molecule has 8 nitrogen and oxygen atoms in total. The lowest BCUT2D eigenvalue weighted by Crippen LogP contribution is -2.46. The van der Waals surface area contributed by atoms with E-state index in [1.54, 1.807) is 0 Å². The van der Waals surface area contributed by atoms with Crippen LogP contribution in [0.5, 0.6) is 0 Å². The van der Waals surface area contributed by atoms with Crippen LogP contribution in [0.25, 0.3) is 0 Å². The van der Waals surface area contributed by atoms with Crippen molar-refractivity contribution in [1.82, 2.24) is 5.32 Å². The van der Waals surface area contributed by atoms with Crippen LogP contribution in [0.15, 0.2) is 72.9 Å². The summed E-state index contributed by atoms with van der Waals surface area (Å²) in [5.41, 5.74) is 0. The second-order valence-electron chi connectivity index (χ2n) is 21.0. The predicted octanol–water partition coefficient (Wildman–Crippen LogP) is 17.2. The molecule has 408 valence electrons. The van der Waals surface area contributed by atoms with E-state index in [0.29, 0.717) is 23.9 Å². The number of phosphoric acid groups is 1. The Balaban J connectivity index is 4.20. The first kappa shape index (κ1) is 67.9. The zero-order valence-corrected chi connectivity index (χ0v) is 47.4. The molecule has 0 radical (unpaired) electrons. The van der Waals surface area contributed by atoms with Crippen molar-refractivity contribution in [3.05, 3.63) is 72.9 Å². The van der Waals surface area contributed by atoms with Crippen molar-refractivity contribution in [2.45, 2.75) is 270 Å². The third-order valence-electron chi connectivity index (χ3n) is 13.0. The van der Waals surface area contributed by atoms with Crippen LogP contribution in [-0.4, -0.2) is 68.5 Å². The first-order valence-electron chi connectivity index (χ1n) is 29.3. The maximum Gasteiger partial charge on any atom is 0.268 e. The molecule has 0 spiro atoms. The van der Waals surface area contributed by atoms with Crippen LogP contribution in [0.1, 0.15) is 258 Å². The number of hydrogen-bond acceptors (Lipinski definition) is 6. The second kappa shape index (κ2) is 51.8. The van der Waals surface area contributed by atoms with Crippen molar-refractivity contribution in [3.8, 4) is 0 Å². The minimum Gasteiger partial charge on any atom is -0.756 e. The van der Waals surface area contributed by atoms with Crippen molar-refractivity contribution >= 4 is 13.7 Å². The van der Waals surface area contributed by atoms with E-state index >= 15 is 0 Å². The van der Waals surface area contributed by atoms with Gasteiger partial charge in [0.1, 0.15) is 13.2 Å². The van der Waals surface area contributed by atoms with Crippen molar-refractivity contribution in [2.75, 3.05) is 40.9 Å². The number of phosphoric ester groups is 1. The van der Waals surface area contributed by atoms with E-state index < -0.39 is 20.0 Å². The Labute approximate surface area is 434 Å². The van der Waals surface area contributed by atoms with E-state index in [-0.39, 0.29) is 25.5 Å². The average Bonchev–Trinajstić information content (AvgIpc) is 3.32. The van der Waals surface area contributed by atoms with Crippen LogP contribution in [-0.2, 0) is 18.4 Å². The number of hydrogen-bond donors (Lipinski definition) is 2. The van der Waals surface area contributed by atoms with Gasteiger partial charge in [0, 0.05) is 6.42 Å². The Morgan fingerprint density at radius 3 is 1.19 bits per heavy atom. The molecular formula is C61H113N2O6P. The summed E-state index contributed by atoms with van der Waals surface area (Å²) in [7, 11) is 1.25. The number of nitrogens with zero attached hydrogens (tertiary/aromatic N) is 1. The van der Waals surface area contributed by atoms with Crippen molar-refractivity contribution in [2.24, 2.45) is 0 Å². The molecule has 2 N–H and O–H groups in total. The van der Waals surface area contributed by atoms with E-state index in [1.807, 2.05) is 33.3 Å². The highest BCUT2D eigenvalue weighted by atomic mass is 31.2. The number of amides is 1. The maximum absolute atomic E-state index is 12.9. The van der Waals surface area contributed by atoms with Crippen LogP contribution in [0, 0.1) is 0 Å². The van der Waals surface area contributed by atoms with E-state index in [0.717, 1.165) is 57.8 Å². The lowest BCUT2D eigenvalue weighted by Gasteiger charge is -2.30. The molecule has 0 heterocycles. The highest BCUT2D eigenvalue weighted by Crippen LogP contribution is 2.38. The molecule has 0 bridgehead atoms. The summed E-state index contributed by atoms with van der Waals surface area (Å²) in [5.74, 6) is -0.246. The first-order valence-corrected chi connectivity index (χ1v) is 30.7. The molecule has 0 aliphatic rings. The number of likely N-dealkylation sites (N-methyl/N-ethyl adjacent to an activating group) is 1. The third-order valence-corrected chi connectivity index (χ3v) is 13.9. The van der Waals surface area contributed by atoms with Gasteiger partial charge in [-0.3, -0.25) is 9.36 Å². The topological polar surface area (TPSA) is 108 Å². The summed E-state index contributed by atoms with van der Waals surface area (Å²) in [6.45, 7) is 4.57. The summed E-state index contributed by atoms with van der Waals surface area (Å²) < 4.78 is 23.4. The Morgan fingerprint density at radius 1 is 0.514 bits per heavy atom. The Kier molecular flexibility index (Phi) is 50.3. The number of aliphatic hydroxyl groups excluding tert-OH is 1. The van der Waals surface area contributed by atoms with Gasteiger partial charge >= 0.3 is 0 Å². The molecule has 3 atom stereocenters. The van der Waals surface area contributed by atoms with Gasteiger partial charge < -0.3 is 28.8 Å². The zero-order valence-electron chi connectivity index (χ0n) is 46.5. The van der Waals surface area contributed by atoms with Gasteiger partial charge in [-0.15, -0.1) is 0 Å². The van der Waals surface area contributed by atoms with Crippen LogP contribution < -0.4 is 10.2 Å². The molecule has 0 aliphatic heterocycles. The van der Waals surface area contributed by atoms with Gasteiger partial charge in [-0.25, -0.2) is 0 Å². The predicted molar refractivity (Wildman–Crippen MR) is 302 cm³/mol. The fourth-order valence-corrected chi connectivity index (χ4v) is 9.14. The SMILES string of the molecule is CC/C=C\C/C=C\C/C=C\C/C=C\C/C=C\C/C=C\CCC(=O)NC(COP(=O)([O-])OCC[N+](C)(C)C)C(O)CCCCCCCCCCCCCCCCCCCCCCCCCCCCCCC. The summed E-state index contributed by atoms with van der Waals surface area (Å²) in [6.07, 6.45) is 71.1. The molecule has 0 saturated heterocycles. The lowest BCUT2D eigenvalue weighted by atomic mass is 10.0. The van der Waals surface area contributed by atoms with Gasteiger partial charge in [-0.2, -0.15) is 0 Å². The lowest BCUT2D eigenvalue weighted by molar-refractivity contribution is -0.870. The molecule has 0 rings (SSSR count). The molecule has 70 heavy (non-hydrogen) atoms. The second-order valence-corrected chi connectivity index (χ2v) is 22.4. The molecule has 0 aromatic carbocycles. The van der Waals surface area contributed by atoms with E-state index in [9.17, 15) is 19.4 Å². The minimum absolute atomic E-state index is 0.00450. The molecule has 3 unspecified atom stereocenters. The molecule has 0 aromatic rings. The van der Waals surface area contributed by atoms with Gasteiger partial charge in [0.25, 0.3) is 7.82 Å². The van der Waals surface area contributed by atoms with Crippen molar-refractivity contribution in [1.29, 1.82) is 0 Å². The number of carbonyl (C=O) groups is 1. The molecular weight excluding hydrogens is 888 g/mol. The van der Waals surface area contributed by atoms with Crippen LogP contribution >= 0.6 is 7.82 Å².